The summed E-state index contributed by atoms with van der Waals surface area (Å²) in [5.41, 5.74) is 2.69. The van der Waals surface area contributed by atoms with Gasteiger partial charge < -0.3 is 10.1 Å². The van der Waals surface area contributed by atoms with E-state index in [0.717, 1.165) is 30.6 Å². The molecule has 150 valence electrons. The van der Waals surface area contributed by atoms with Gasteiger partial charge in [-0.05, 0) is 55.7 Å². The number of carbonyl (C=O) groups is 2. The van der Waals surface area contributed by atoms with Crippen LogP contribution in [0, 0.1) is 13.8 Å². The van der Waals surface area contributed by atoms with Gasteiger partial charge >= 0.3 is 6.03 Å². The molecule has 1 fully saturated rings. The van der Waals surface area contributed by atoms with Crippen molar-refractivity contribution in [1.29, 1.82) is 0 Å². The van der Waals surface area contributed by atoms with Gasteiger partial charge in [0.05, 0.1) is 17.9 Å². The van der Waals surface area contributed by atoms with E-state index in [1.165, 1.54) is 11.8 Å². The molecule has 0 bridgehead atoms. The Balaban J connectivity index is 1.53. The fourth-order valence-corrected chi connectivity index (χ4v) is 3.71. The average Bonchev–Trinajstić information content (AvgIpc) is 3.30. The van der Waals surface area contributed by atoms with Gasteiger partial charge in [0.1, 0.15) is 0 Å². The molecule has 0 unspecified atom stereocenters. The molecular weight excluding hydrogens is 380 g/mol. The van der Waals surface area contributed by atoms with Crippen molar-refractivity contribution in [3.8, 4) is 0 Å². The number of imide groups is 1. The van der Waals surface area contributed by atoms with Crippen LogP contribution >= 0.6 is 11.8 Å². The molecule has 1 aromatic heterocycles. The van der Waals surface area contributed by atoms with Crippen LogP contribution in [0.5, 0.6) is 0 Å². The molecule has 0 radical (unpaired) electrons. The maximum absolute atomic E-state index is 12.4. The van der Waals surface area contributed by atoms with Crippen LogP contribution < -0.4 is 10.6 Å². The number of nitrogens with zero attached hydrogens (tertiary/aromatic N) is 4. The molecule has 1 aliphatic rings. The molecule has 0 spiro atoms. The number of ether oxygens (including phenoxy) is 1. The first-order chi connectivity index (χ1) is 13.4. The van der Waals surface area contributed by atoms with E-state index in [2.05, 4.69) is 26.2 Å². The molecule has 0 saturated carbocycles. The van der Waals surface area contributed by atoms with Gasteiger partial charge in [0.2, 0.25) is 11.1 Å². The predicted molar refractivity (Wildman–Crippen MR) is 105 cm³/mol. The third-order valence-electron chi connectivity index (χ3n) is 4.42. The summed E-state index contributed by atoms with van der Waals surface area (Å²) in [6.45, 7) is 6.89. The summed E-state index contributed by atoms with van der Waals surface area (Å²) in [7, 11) is 0. The van der Waals surface area contributed by atoms with Gasteiger partial charge in [0.15, 0.2) is 0 Å². The smallest absolute Gasteiger partial charge is 0.325 e. The highest BCUT2D eigenvalue weighted by Crippen LogP contribution is 2.22. The second-order valence-electron chi connectivity index (χ2n) is 6.80. The zero-order chi connectivity index (χ0) is 20.1. The Morgan fingerprint density at radius 1 is 1.39 bits per heavy atom. The summed E-state index contributed by atoms with van der Waals surface area (Å²) in [5, 5.41) is 16.7. The number of hydrogen-bond donors (Lipinski definition) is 2. The standard InChI is InChI=1S/C18H24N6O3S/c1-11-6-7-15(12(2)9-11)19-17(26)20-16(25)13(3)28-18-21-22-23-24(18)10-14-5-4-8-27-14/h6-7,9,13-14H,4-5,8,10H2,1-3H3,(H2,19,20,25,26)/t13-,14+/m0/s1. The van der Waals surface area contributed by atoms with E-state index in [1.807, 2.05) is 32.0 Å². The number of aryl methyl sites for hydroxylation is 2. The van der Waals surface area contributed by atoms with Gasteiger partial charge in [-0.15, -0.1) is 5.10 Å². The number of rotatable bonds is 6. The highest BCUT2D eigenvalue weighted by Gasteiger charge is 2.23. The van der Waals surface area contributed by atoms with Crippen LogP contribution in [-0.2, 0) is 16.1 Å². The molecule has 10 heteroatoms. The van der Waals surface area contributed by atoms with Crippen LogP contribution in [0.4, 0.5) is 10.5 Å². The van der Waals surface area contributed by atoms with Crippen molar-refractivity contribution in [2.24, 2.45) is 0 Å². The molecule has 3 amide bonds. The molecular formula is C18H24N6O3S. The third kappa shape index (κ3) is 5.29. The summed E-state index contributed by atoms with van der Waals surface area (Å²) in [6, 6.07) is 5.11. The summed E-state index contributed by atoms with van der Waals surface area (Å²) in [4.78, 5) is 24.5. The highest BCUT2D eigenvalue weighted by atomic mass is 32.2. The van der Waals surface area contributed by atoms with Crippen LogP contribution in [0.15, 0.2) is 23.4 Å². The SMILES string of the molecule is Cc1ccc(NC(=O)NC(=O)[C@H](C)Sc2nnnn2C[C@H]2CCCO2)c(C)c1. The number of benzene rings is 1. The van der Waals surface area contributed by atoms with E-state index in [4.69, 9.17) is 4.74 Å². The Bertz CT molecular complexity index is 850. The minimum atomic E-state index is -0.566. The first-order valence-corrected chi connectivity index (χ1v) is 10.0. The summed E-state index contributed by atoms with van der Waals surface area (Å²) >= 11 is 1.20. The lowest BCUT2D eigenvalue weighted by atomic mass is 10.1. The number of carbonyl (C=O) groups excluding carboxylic acids is 2. The number of aromatic nitrogens is 4. The van der Waals surface area contributed by atoms with Gasteiger partial charge in [-0.2, -0.15) is 0 Å². The summed E-state index contributed by atoms with van der Waals surface area (Å²) < 4.78 is 7.24. The number of hydrogen-bond acceptors (Lipinski definition) is 7. The summed E-state index contributed by atoms with van der Waals surface area (Å²) in [6.07, 6.45) is 2.10. The molecule has 1 aliphatic heterocycles. The zero-order valence-electron chi connectivity index (χ0n) is 16.1. The van der Waals surface area contributed by atoms with Crippen molar-refractivity contribution in [3.05, 3.63) is 29.3 Å². The normalized spacial score (nSPS) is 17.3. The Morgan fingerprint density at radius 2 is 2.21 bits per heavy atom. The lowest BCUT2D eigenvalue weighted by molar-refractivity contribution is -0.119. The minimum absolute atomic E-state index is 0.0931. The van der Waals surface area contributed by atoms with Crippen LogP contribution in [0.2, 0.25) is 0 Å². The second-order valence-corrected chi connectivity index (χ2v) is 8.11. The first kappa shape index (κ1) is 20.3. The topological polar surface area (TPSA) is 111 Å². The van der Waals surface area contributed by atoms with Gasteiger partial charge in [-0.1, -0.05) is 29.5 Å². The van der Waals surface area contributed by atoms with Gasteiger partial charge in [-0.25, -0.2) is 9.48 Å². The van der Waals surface area contributed by atoms with Crippen LogP contribution in [0.25, 0.3) is 0 Å². The Labute approximate surface area is 167 Å². The van der Waals surface area contributed by atoms with E-state index < -0.39 is 17.2 Å². The minimum Gasteiger partial charge on any atom is -0.376 e. The molecule has 0 aliphatic carbocycles. The van der Waals surface area contributed by atoms with Crippen molar-refractivity contribution >= 4 is 29.4 Å². The first-order valence-electron chi connectivity index (χ1n) is 9.16. The third-order valence-corrected chi connectivity index (χ3v) is 5.49. The van der Waals surface area contributed by atoms with E-state index in [1.54, 1.807) is 11.6 Å². The summed E-state index contributed by atoms with van der Waals surface area (Å²) in [5.74, 6) is -0.418. The van der Waals surface area contributed by atoms with Gasteiger partial charge in [0, 0.05) is 12.3 Å². The van der Waals surface area contributed by atoms with E-state index in [0.29, 0.717) is 17.4 Å². The molecule has 3 rings (SSSR count). The monoisotopic (exact) mass is 404 g/mol. The number of urea groups is 1. The largest absolute Gasteiger partial charge is 0.376 e. The maximum Gasteiger partial charge on any atom is 0.325 e. The van der Waals surface area contributed by atoms with Crippen LogP contribution in [0.1, 0.15) is 30.9 Å². The second kappa shape index (κ2) is 9.16. The highest BCUT2D eigenvalue weighted by molar-refractivity contribution is 8.00. The van der Waals surface area contributed by atoms with Crippen LogP contribution in [-0.4, -0.2) is 50.1 Å². The number of tetrazole rings is 1. The van der Waals surface area contributed by atoms with E-state index in [-0.39, 0.29) is 6.10 Å². The van der Waals surface area contributed by atoms with Crippen LogP contribution in [0.3, 0.4) is 0 Å². The molecule has 1 aromatic carbocycles. The average molecular weight is 404 g/mol. The van der Waals surface area contributed by atoms with E-state index in [9.17, 15) is 9.59 Å². The quantitative estimate of drug-likeness (QED) is 0.711. The predicted octanol–water partition coefficient (Wildman–Crippen LogP) is 2.30. The Morgan fingerprint density at radius 3 is 2.93 bits per heavy atom. The van der Waals surface area contributed by atoms with Crippen molar-refractivity contribution < 1.29 is 14.3 Å². The Hall–Kier alpha value is -2.46. The molecule has 2 atom stereocenters. The molecule has 28 heavy (non-hydrogen) atoms. The fourth-order valence-electron chi connectivity index (χ4n) is 2.91. The van der Waals surface area contributed by atoms with Gasteiger partial charge in [-0.3, -0.25) is 10.1 Å². The van der Waals surface area contributed by atoms with Crippen molar-refractivity contribution in [2.75, 3.05) is 11.9 Å². The maximum atomic E-state index is 12.4. The zero-order valence-corrected chi connectivity index (χ0v) is 17.0. The Kier molecular flexibility index (Phi) is 6.63. The number of thioether (sulfide) groups is 1. The number of nitrogens with one attached hydrogen (secondary N) is 2. The molecule has 1 saturated heterocycles. The number of anilines is 1. The van der Waals surface area contributed by atoms with Gasteiger partial charge in [0.25, 0.3) is 0 Å². The van der Waals surface area contributed by atoms with Crippen molar-refractivity contribution in [3.63, 3.8) is 0 Å². The lowest BCUT2D eigenvalue weighted by Crippen LogP contribution is -2.39. The van der Waals surface area contributed by atoms with Crippen molar-refractivity contribution in [1.82, 2.24) is 25.5 Å². The fraction of sp³-hybridized carbons (Fsp3) is 0.500. The molecule has 9 nitrogen and oxygen atoms in total. The van der Waals surface area contributed by atoms with E-state index >= 15 is 0 Å². The molecule has 2 N–H and O–H groups in total. The van der Waals surface area contributed by atoms with Crippen molar-refractivity contribution in [2.45, 2.75) is 56.7 Å². The molecule has 2 heterocycles. The molecule has 2 aromatic rings. The lowest BCUT2D eigenvalue weighted by Gasteiger charge is -2.14. The number of amides is 3.